The SMILES string of the molecule is O=C1NC(C(=O)Nc2cccc(F)c2)C(c2ccccc2)O1. The van der Waals surface area contributed by atoms with Gasteiger partial charge in [0.2, 0.25) is 0 Å². The monoisotopic (exact) mass is 300 g/mol. The molecule has 2 aromatic carbocycles. The first-order valence-electron chi connectivity index (χ1n) is 6.72. The highest BCUT2D eigenvalue weighted by molar-refractivity contribution is 5.98. The Labute approximate surface area is 126 Å². The summed E-state index contributed by atoms with van der Waals surface area (Å²) >= 11 is 0. The van der Waals surface area contributed by atoms with E-state index in [1.807, 2.05) is 6.07 Å². The van der Waals surface area contributed by atoms with Crippen molar-refractivity contribution in [3.8, 4) is 0 Å². The molecule has 1 saturated heterocycles. The molecule has 2 N–H and O–H groups in total. The number of nitrogens with one attached hydrogen (secondary N) is 2. The first-order valence-corrected chi connectivity index (χ1v) is 6.72. The molecular formula is C16H13FN2O3. The lowest BCUT2D eigenvalue weighted by Gasteiger charge is -2.17. The minimum atomic E-state index is -0.877. The number of carbonyl (C=O) groups excluding carboxylic acids is 2. The van der Waals surface area contributed by atoms with Crippen molar-refractivity contribution in [2.24, 2.45) is 0 Å². The molecule has 5 nitrogen and oxygen atoms in total. The molecule has 2 aromatic rings. The lowest BCUT2D eigenvalue weighted by atomic mass is 10.0. The second-order valence-electron chi connectivity index (χ2n) is 4.86. The average Bonchev–Trinajstić information content (AvgIpc) is 2.90. The molecule has 1 heterocycles. The van der Waals surface area contributed by atoms with Gasteiger partial charge >= 0.3 is 6.09 Å². The first kappa shape index (κ1) is 14.1. The van der Waals surface area contributed by atoms with E-state index in [4.69, 9.17) is 4.74 Å². The standard InChI is InChI=1S/C16H13FN2O3/c17-11-7-4-8-12(9-11)18-15(20)13-14(22-16(21)19-13)10-5-2-1-3-6-10/h1-9,13-14H,(H,18,20)(H,19,21). The molecule has 1 fully saturated rings. The van der Waals surface area contributed by atoms with E-state index < -0.39 is 30.0 Å². The number of anilines is 1. The van der Waals surface area contributed by atoms with Crippen LogP contribution < -0.4 is 10.6 Å². The van der Waals surface area contributed by atoms with Gasteiger partial charge in [-0.15, -0.1) is 0 Å². The fourth-order valence-corrected chi connectivity index (χ4v) is 2.31. The van der Waals surface area contributed by atoms with Gasteiger partial charge in [0.25, 0.3) is 5.91 Å². The molecule has 1 aliphatic heterocycles. The highest BCUT2D eigenvalue weighted by Crippen LogP contribution is 2.27. The molecule has 2 unspecified atom stereocenters. The summed E-state index contributed by atoms with van der Waals surface area (Å²) in [5.41, 5.74) is 1.03. The predicted molar refractivity (Wildman–Crippen MR) is 77.6 cm³/mol. The third-order valence-corrected chi connectivity index (χ3v) is 3.31. The summed E-state index contributed by atoms with van der Waals surface area (Å²) in [6.45, 7) is 0. The van der Waals surface area contributed by atoms with E-state index in [1.165, 1.54) is 18.2 Å². The molecule has 0 bridgehead atoms. The van der Waals surface area contributed by atoms with Gasteiger partial charge in [-0.25, -0.2) is 9.18 Å². The largest absolute Gasteiger partial charge is 0.439 e. The summed E-state index contributed by atoms with van der Waals surface area (Å²) in [7, 11) is 0. The lowest BCUT2D eigenvalue weighted by molar-refractivity contribution is -0.119. The highest BCUT2D eigenvalue weighted by Gasteiger charge is 2.40. The maximum Gasteiger partial charge on any atom is 0.408 e. The molecule has 0 spiro atoms. The Balaban J connectivity index is 1.79. The van der Waals surface area contributed by atoms with E-state index in [0.29, 0.717) is 11.3 Å². The summed E-state index contributed by atoms with van der Waals surface area (Å²) in [4.78, 5) is 23.8. The van der Waals surface area contributed by atoms with Gasteiger partial charge in [-0.1, -0.05) is 36.4 Å². The van der Waals surface area contributed by atoms with Crippen LogP contribution in [0.25, 0.3) is 0 Å². The van der Waals surface area contributed by atoms with Crippen LogP contribution in [0, 0.1) is 5.82 Å². The number of hydrogen-bond acceptors (Lipinski definition) is 3. The van der Waals surface area contributed by atoms with Gasteiger partial charge in [0, 0.05) is 5.69 Å². The van der Waals surface area contributed by atoms with Crippen LogP contribution in [0.3, 0.4) is 0 Å². The van der Waals surface area contributed by atoms with Crippen molar-refractivity contribution in [2.45, 2.75) is 12.1 Å². The maximum atomic E-state index is 13.2. The first-order chi connectivity index (χ1) is 10.6. The van der Waals surface area contributed by atoms with Crippen molar-refractivity contribution >= 4 is 17.7 Å². The van der Waals surface area contributed by atoms with E-state index in [1.54, 1.807) is 30.3 Å². The van der Waals surface area contributed by atoms with E-state index >= 15 is 0 Å². The predicted octanol–water partition coefficient (Wildman–Crippen LogP) is 2.61. The number of cyclic esters (lactones) is 1. The number of ether oxygens (including phenoxy) is 1. The summed E-state index contributed by atoms with van der Waals surface area (Å²) in [6, 6.07) is 13.6. The number of hydrogen-bond donors (Lipinski definition) is 2. The molecule has 0 aromatic heterocycles. The topological polar surface area (TPSA) is 67.4 Å². The average molecular weight is 300 g/mol. The Morgan fingerprint density at radius 1 is 1.14 bits per heavy atom. The van der Waals surface area contributed by atoms with Gasteiger partial charge in [-0.2, -0.15) is 0 Å². The fourth-order valence-electron chi connectivity index (χ4n) is 2.31. The second kappa shape index (κ2) is 5.85. The summed E-state index contributed by atoms with van der Waals surface area (Å²) in [6.07, 6.45) is -1.38. The third kappa shape index (κ3) is 2.90. The highest BCUT2D eigenvalue weighted by atomic mass is 19.1. The Morgan fingerprint density at radius 2 is 1.91 bits per heavy atom. The number of rotatable bonds is 3. The number of amides is 2. The molecule has 0 aliphatic carbocycles. The zero-order valence-corrected chi connectivity index (χ0v) is 11.5. The van der Waals surface area contributed by atoms with Crippen LogP contribution in [0.1, 0.15) is 11.7 Å². The Bertz CT molecular complexity index is 706. The zero-order valence-electron chi connectivity index (χ0n) is 11.5. The molecule has 22 heavy (non-hydrogen) atoms. The van der Waals surface area contributed by atoms with Crippen LogP contribution in [-0.4, -0.2) is 18.0 Å². The lowest BCUT2D eigenvalue weighted by Crippen LogP contribution is -2.40. The number of alkyl carbamates (subject to hydrolysis) is 1. The van der Waals surface area contributed by atoms with Gasteiger partial charge in [0.15, 0.2) is 12.1 Å². The van der Waals surface area contributed by atoms with Crippen LogP contribution in [0.4, 0.5) is 14.9 Å². The van der Waals surface area contributed by atoms with Crippen molar-refractivity contribution in [1.82, 2.24) is 5.32 Å². The van der Waals surface area contributed by atoms with Gasteiger partial charge in [-0.3, -0.25) is 4.79 Å². The number of benzene rings is 2. The molecule has 3 rings (SSSR count). The Morgan fingerprint density at radius 3 is 2.64 bits per heavy atom. The smallest absolute Gasteiger partial charge is 0.408 e. The Hall–Kier alpha value is -2.89. The van der Waals surface area contributed by atoms with E-state index in [-0.39, 0.29) is 0 Å². The van der Waals surface area contributed by atoms with Crippen LogP contribution in [0.2, 0.25) is 0 Å². The maximum absolute atomic E-state index is 13.2. The van der Waals surface area contributed by atoms with E-state index in [9.17, 15) is 14.0 Å². The van der Waals surface area contributed by atoms with Crippen molar-refractivity contribution in [2.75, 3.05) is 5.32 Å². The summed E-state index contributed by atoms with van der Waals surface area (Å²) < 4.78 is 18.3. The minimum absolute atomic E-state index is 0.318. The number of carbonyl (C=O) groups is 2. The summed E-state index contributed by atoms with van der Waals surface area (Å²) in [5.74, 6) is -0.922. The van der Waals surface area contributed by atoms with Crippen molar-refractivity contribution in [3.63, 3.8) is 0 Å². The molecule has 2 atom stereocenters. The quantitative estimate of drug-likeness (QED) is 0.915. The van der Waals surface area contributed by atoms with Crippen LogP contribution in [-0.2, 0) is 9.53 Å². The van der Waals surface area contributed by atoms with Crippen molar-refractivity contribution < 1.29 is 18.7 Å². The van der Waals surface area contributed by atoms with E-state index in [2.05, 4.69) is 10.6 Å². The normalized spacial score (nSPS) is 20.1. The van der Waals surface area contributed by atoms with Crippen molar-refractivity contribution in [3.05, 3.63) is 66.0 Å². The zero-order chi connectivity index (χ0) is 15.5. The van der Waals surface area contributed by atoms with E-state index in [0.717, 1.165) is 0 Å². The fraction of sp³-hybridized carbons (Fsp3) is 0.125. The molecule has 112 valence electrons. The molecule has 0 radical (unpaired) electrons. The molecular weight excluding hydrogens is 287 g/mol. The second-order valence-corrected chi connectivity index (χ2v) is 4.86. The molecule has 6 heteroatoms. The van der Waals surface area contributed by atoms with Gasteiger partial charge in [0.1, 0.15) is 5.82 Å². The van der Waals surface area contributed by atoms with Crippen molar-refractivity contribution in [1.29, 1.82) is 0 Å². The van der Waals surface area contributed by atoms with Crippen LogP contribution >= 0.6 is 0 Å². The van der Waals surface area contributed by atoms with Crippen LogP contribution in [0.15, 0.2) is 54.6 Å². The minimum Gasteiger partial charge on any atom is -0.439 e. The van der Waals surface area contributed by atoms with Gasteiger partial charge < -0.3 is 15.4 Å². The summed E-state index contributed by atoms with van der Waals surface area (Å²) in [5, 5.41) is 5.04. The Kier molecular flexibility index (Phi) is 3.74. The van der Waals surface area contributed by atoms with Gasteiger partial charge in [0.05, 0.1) is 0 Å². The van der Waals surface area contributed by atoms with Crippen LogP contribution in [0.5, 0.6) is 0 Å². The number of halogens is 1. The molecule has 2 amide bonds. The van der Waals surface area contributed by atoms with Gasteiger partial charge in [-0.05, 0) is 23.8 Å². The molecule has 0 saturated carbocycles. The third-order valence-electron chi connectivity index (χ3n) is 3.31. The molecule has 1 aliphatic rings.